The summed E-state index contributed by atoms with van der Waals surface area (Å²) in [5.74, 6) is 0.325. The van der Waals surface area contributed by atoms with E-state index in [4.69, 9.17) is 15.5 Å². The summed E-state index contributed by atoms with van der Waals surface area (Å²) in [6, 6.07) is 0. The standard InChI is InChI=1S/C6H14NO5PS/c1-5(6(7)8)4-14-3-2-12-13(9,10)11/h5H,2-4H2,1H3,(H2,7,8)(H2,9,10,11). The topological polar surface area (TPSA) is 110 Å². The predicted octanol–water partition coefficient (Wildman–Crippen LogP) is -0.0497. The summed E-state index contributed by atoms with van der Waals surface area (Å²) in [7, 11) is -4.35. The molecule has 6 nitrogen and oxygen atoms in total. The molecule has 0 spiro atoms. The maximum Gasteiger partial charge on any atom is 0.469 e. The predicted molar refractivity (Wildman–Crippen MR) is 53.7 cm³/mol. The van der Waals surface area contributed by atoms with Crippen LogP contribution in [0.2, 0.25) is 0 Å². The van der Waals surface area contributed by atoms with Gasteiger partial charge in [-0.05, 0) is 0 Å². The van der Waals surface area contributed by atoms with E-state index in [1.165, 1.54) is 11.8 Å². The van der Waals surface area contributed by atoms with Gasteiger partial charge in [0.25, 0.3) is 0 Å². The Kier molecular flexibility index (Phi) is 6.39. The average molecular weight is 243 g/mol. The van der Waals surface area contributed by atoms with E-state index in [-0.39, 0.29) is 18.4 Å². The Labute approximate surface area is 86.4 Å². The number of hydrogen-bond acceptors (Lipinski definition) is 4. The number of rotatable bonds is 7. The van der Waals surface area contributed by atoms with E-state index >= 15 is 0 Å². The Hall–Kier alpha value is -0.0700. The number of phosphoric acid groups is 1. The molecule has 0 aromatic rings. The fraction of sp³-hybridized carbons (Fsp3) is 0.833. The maximum atomic E-state index is 10.6. The molecule has 84 valence electrons. The Morgan fingerprint density at radius 1 is 1.64 bits per heavy atom. The minimum absolute atomic E-state index is 0.0412. The van der Waals surface area contributed by atoms with Crippen molar-refractivity contribution in [3.05, 3.63) is 0 Å². The quantitative estimate of drug-likeness (QED) is 0.427. The second-order valence-corrected chi connectivity index (χ2v) is 5.09. The van der Waals surface area contributed by atoms with Crippen LogP contribution in [0.1, 0.15) is 6.92 Å². The van der Waals surface area contributed by atoms with E-state index in [9.17, 15) is 9.36 Å². The van der Waals surface area contributed by atoms with E-state index in [0.29, 0.717) is 11.5 Å². The molecule has 0 aliphatic rings. The molecule has 0 aromatic heterocycles. The lowest BCUT2D eigenvalue weighted by Crippen LogP contribution is -2.22. The minimum Gasteiger partial charge on any atom is -0.369 e. The van der Waals surface area contributed by atoms with Crippen molar-refractivity contribution in [3.63, 3.8) is 0 Å². The number of carbonyl (C=O) groups is 1. The van der Waals surface area contributed by atoms with Gasteiger partial charge in [-0.2, -0.15) is 11.8 Å². The van der Waals surface area contributed by atoms with Crippen molar-refractivity contribution in [2.45, 2.75) is 6.92 Å². The molecule has 0 rings (SSSR count). The maximum absolute atomic E-state index is 10.6. The first-order chi connectivity index (χ1) is 6.33. The number of thioether (sulfide) groups is 1. The third-order valence-electron chi connectivity index (χ3n) is 1.34. The molecule has 14 heavy (non-hydrogen) atoms. The van der Waals surface area contributed by atoms with Gasteiger partial charge < -0.3 is 15.5 Å². The largest absolute Gasteiger partial charge is 0.469 e. The van der Waals surface area contributed by atoms with Gasteiger partial charge in [0, 0.05) is 17.4 Å². The summed E-state index contributed by atoms with van der Waals surface area (Å²) >= 11 is 1.36. The van der Waals surface area contributed by atoms with Crippen LogP contribution in [-0.4, -0.2) is 33.8 Å². The van der Waals surface area contributed by atoms with Gasteiger partial charge in [-0.1, -0.05) is 6.92 Å². The number of nitrogens with two attached hydrogens (primary N) is 1. The van der Waals surface area contributed by atoms with Crippen LogP contribution in [0, 0.1) is 5.92 Å². The molecule has 0 heterocycles. The second kappa shape index (κ2) is 6.42. The van der Waals surface area contributed by atoms with Crippen LogP contribution in [0.15, 0.2) is 0 Å². The normalized spacial score (nSPS) is 13.9. The summed E-state index contributed by atoms with van der Waals surface area (Å²) < 4.78 is 14.4. The van der Waals surface area contributed by atoms with E-state index in [1.807, 2.05) is 0 Å². The number of primary amides is 1. The highest BCUT2D eigenvalue weighted by Gasteiger charge is 2.13. The highest BCUT2D eigenvalue weighted by atomic mass is 32.2. The molecule has 1 unspecified atom stereocenters. The van der Waals surface area contributed by atoms with E-state index in [2.05, 4.69) is 4.52 Å². The van der Waals surface area contributed by atoms with Crippen molar-refractivity contribution in [1.29, 1.82) is 0 Å². The van der Waals surface area contributed by atoms with Crippen LogP contribution in [0.4, 0.5) is 0 Å². The Balaban J connectivity index is 3.39. The first-order valence-corrected chi connectivity index (χ1v) is 6.58. The number of carbonyl (C=O) groups excluding carboxylic acids is 1. The van der Waals surface area contributed by atoms with Crippen LogP contribution < -0.4 is 5.73 Å². The lowest BCUT2D eigenvalue weighted by Gasteiger charge is -2.07. The average Bonchev–Trinajstić information content (AvgIpc) is 2.01. The first-order valence-electron chi connectivity index (χ1n) is 3.90. The van der Waals surface area contributed by atoms with Crippen LogP contribution >= 0.6 is 19.6 Å². The second-order valence-electron chi connectivity index (χ2n) is 2.70. The highest BCUT2D eigenvalue weighted by molar-refractivity contribution is 7.99. The summed E-state index contributed by atoms with van der Waals surface area (Å²) in [4.78, 5) is 27.2. The Morgan fingerprint density at radius 2 is 2.21 bits per heavy atom. The van der Waals surface area contributed by atoms with Gasteiger partial charge in [-0.25, -0.2) is 4.57 Å². The van der Waals surface area contributed by atoms with Gasteiger partial charge in [-0.15, -0.1) is 0 Å². The first kappa shape index (κ1) is 13.9. The summed E-state index contributed by atoms with van der Waals surface area (Å²) in [6.45, 7) is 1.65. The monoisotopic (exact) mass is 243 g/mol. The summed E-state index contributed by atoms with van der Waals surface area (Å²) in [6.07, 6.45) is 0. The summed E-state index contributed by atoms with van der Waals surface area (Å²) in [5.41, 5.74) is 5.01. The zero-order chi connectivity index (χ0) is 11.2. The van der Waals surface area contributed by atoms with Crippen LogP contribution in [0.5, 0.6) is 0 Å². The number of amides is 1. The zero-order valence-electron chi connectivity index (χ0n) is 7.75. The molecule has 0 fully saturated rings. The third-order valence-corrected chi connectivity index (χ3v) is 3.05. The number of hydrogen-bond donors (Lipinski definition) is 3. The van der Waals surface area contributed by atoms with Crippen LogP contribution in [0.3, 0.4) is 0 Å². The van der Waals surface area contributed by atoms with Gasteiger partial charge >= 0.3 is 7.82 Å². The molecule has 0 aromatic carbocycles. The zero-order valence-corrected chi connectivity index (χ0v) is 9.46. The lowest BCUT2D eigenvalue weighted by molar-refractivity contribution is -0.120. The van der Waals surface area contributed by atoms with Gasteiger partial charge in [0.15, 0.2) is 0 Å². The Morgan fingerprint density at radius 3 is 2.64 bits per heavy atom. The molecule has 0 radical (unpaired) electrons. The van der Waals surface area contributed by atoms with E-state index in [1.54, 1.807) is 6.92 Å². The van der Waals surface area contributed by atoms with Gasteiger partial charge in [0.05, 0.1) is 6.61 Å². The molecule has 0 aliphatic carbocycles. The van der Waals surface area contributed by atoms with Crippen molar-refractivity contribution in [2.75, 3.05) is 18.1 Å². The SMILES string of the molecule is CC(CSCCOP(=O)(O)O)C(N)=O. The van der Waals surface area contributed by atoms with Crippen LogP contribution in [-0.2, 0) is 13.9 Å². The molecular formula is C6H14NO5PS. The van der Waals surface area contributed by atoms with Gasteiger partial charge in [0.1, 0.15) is 0 Å². The molecule has 0 bridgehead atoms. The molecule has 0 saturated heterocycles. The fourth-order valence-corrected chi connectivity index (χ4v) is 1.90. The van der Waals surface area contributed by atoms with Crippen molar-refractivity contribution in [3.8, 4) is 0 Å². The van der Waals surface area contributed by atoms with Crippen molar-refractivity contribution in [1.82, 2.24) is 0 Å². The highest BCUT2D eigenvalue weighted by Crippen LogP contribution is 2.35. The van der Waals surface area contributed by atoms with E-state index < -0.39 is 7.82 Å². The fourth-order valence-electron chi connectivity index (χ4n) is 0.557. The molecule has 4 N–H and O–H groups in total. The third kappa shape index (κ3) is 8.52. The molecular weight excluding hydrogens is 229 g/mol. The smallest absolute Gasteiger partial charge is 0.369 e. The van der Waals surface area contributed by atoms with E-state index in [0.717, 1.165) is 0 Å². The van der Waals surface area contributed by atoms with Crippen molar-refractivity contribution >= 4 is 25.5 Å². The van der Waals surface area contributed by atoms with Gasteiger partial charge in [-0.3, -0.25) is 9.32 Å². The van der Waals surface area contributed by atoms with Crippen molar-refractivity contribution in [2.24, 2.45) is 11.7 Å². The molecule has 0 saturated carbocycles. The molecule has 1 atom stereocenters. The minimum atomic E-state index is -4.35. The van der Waals surface area contributed by atoms with Crippen molar-refractivity contribution < 1.29 is 23.7 Å². The van der Waals surface area contributed by atoms with Crippen LogP contribution in [0.25, 0.3) is 0 Å². The molecule has 1 amide bonds. The molecule has 0 aliphatic heterocycles. The lowest BCUT2D eigenvalue weighted by atomic mass is 10.2. The van der Waals surface area contributed by atoms with Gasteiger partial charge in [0.2, 0.25) is 5.91 Å². The number of phosphoric ester groups is 1. The Bertz CT molecular complexity index is 230. The molecule has 8 heteroatoms. The summed E-state index contributed by atoms with van der Waals surface area (Å²) in [5, 5.41) is 0.